The standard InChI is InChI=1S/C16H18N10/c1-11-3-4-14-19-20-16(26(14)21-11)9-23(2)12-7-24(8-12)15-6-5-13-18-17-10-25(13)22-15/h3-6,10,12H,7-9H2,1-2H3. The lowest BCUT2D eigenvalue weighted by molar-refractivity contribution is 0.191. The summed E-state index contributed by atoms with van der Waals surface area (Å²) in [5.74, 6) is 1.79. The Kier molecular flexibility index (Phi) is 3.32. The van der Waals surface area contributed by atoms with Gasteiger partial charge in [-0.1, -0.05) is 0 Å². The van der Waals surface area contributed by atoms with Crippen LogP contribution in [-0.4, -0.2) is 70.7 Å². The minimum Gasteiger partial charge on any atom is -0.352 e. The molecule has 0 atom stereocenters. The van der Waals surface area contributed by atoms with Crippen molar-refractivity contribution in [2.24, 2.45) is 0 Å². The Balaban J connectivity index is 1.27. The van der Waals surface area contributed by atoms with E-state index in [4.69, 9.17) is 0 Å². The first-order valence-electron chi connectivity index (χ1n) is 8.47. The van der Waals surface area contributed by atoms with Crippen molar-refractivity contribution in [1.29, 1.82) is 0 Å². The largest absolute Gasteiger partial charge is 0.352 e. The molecule has 1 saturated heterocycles. The molecule has 5 rings (SSSR count). The van der Waals surface area contributed by atoms with Crippen LogP contribution in [0.15, 0.2) is 30.6 Å². The van der Waals surface area contributed by atoms with Crippen LogP contribution in [-0.2, 0) is 6.54 Å². The summed E-state index contributed by atoms with van der Waals surface area (Å²) in [6.45, 7) is 4.50. The van der Waals surface area contributed by atoms with E-state index in [0.29, 0.717) is 12.6 Å². The van der Waals surface area contributed by atoms with Crippen LogP contribution in [0.2, 0.25) is 0 Å². The molecular weight excluding hydrogens is 332 g/mol. The molecule has 1 aliphatic rings. The van der Waals surface area contributed by atoms with Gasteiger partial charge in [0.15, 0.2) is 17.1 Å². The van der Waals surface area contributed by atoms with E-state index in [1.165, 1.54) is 0 Å². The number of rotatable bonds is 4. The zero-order chi connectivity index (χ0) is 17.7. The number of aromatic nitrogens is 8. The Labute approximate surface area is 149 Å². The lowest BCUT2D eigenvalue weighted by Crippen LogP contribution is -2.58. The molecule has 0 N–H and O–H groups in total. The first kappa shape index (κ1) is 15.1. The van der Waals surface area contributed by atoms with Crippen molar-refractivity contribution in [3.05, 3.63) is 42.1 Å². The molecule has 0 bridgehead atoms. The minimum atomic E-state index is 0.436. The Bertz CT molecular complexity index is 1080. The summed E-state index contributed by atoms with van der Waals surface area (Å²) in [7, 11) is 2.11. The van der Waals surface area contributed by atoms with E-state index in [1.807, 2.05) is 35.7 Å². The van der Waals surface area contributed by atoms with E-state index >= 15 is 0 Å². The molecule has 0 unspecified atom stereocenters. The second-order valence-electron chi connectivity index (χ2n) is 6.66. The van der Waals surface area contributed by atoms with Crippen LogP contribution in [0, 0.1) is 6.92 Å². The number of nitrogens with zero attached hydrogens (tertiary/aromatic N) is 10. The van der Waals surface area contributed by atoms with Gasteiger partial charge >= 0.3 is 0 Å². The average molecular weight is 350 g/mol. The normalized spacial score (nSPS) is 15.3. The van der Waals surface area contributed by atoms with Crippen LogP contribution < -0.4 is 4.90 Å². The Morgan fingerprint density at radius 2 is 1.88 bits per heavy atom. The maximum atomic E-state index is 4.54. The molecule has 10 heteroatoms. The Morgan fingerprint density at radius 1 is 1.04 bits per heavy atom. The van der Waals surface area contributed by atoms with Gasteiger partial charge in [-0.25, -0.2) is 0 Å². The molecule has 26 heavy (non-hydrogen) atoms. The molecule has 0 aromatic carbocycles. The fourth-order valence-corrected chi connectivity index (χ4v) is 3.18. The molecule has 1 aliphatic heterocycles. The molecule has 0 spiro atoms. The molecule has 10 nitrogen and oxygen atoms in total. The summed E-state index contributed by atoms with van der Waals surface area (Å²) >= 11 is 0. The van der Waals surface area contributed by atoms with E-state index in [1.54, 1.807) is 10.8 Å². The monoisotopic (exact) mass is 350 g/mol. The third-order valence-corrected chi connectivity index (χ3v) is 4.81. The summed E-state index contributed by atoms with van der Waals surface area (Å²) < 4.78 is 3.52. The third-order valence-electron chi connectivity index (χ3n) is 4.81. The SMILES string of the molecule is Cc1ccc2nnc(CN(C)C3CN(c4ccc5nncn5n4)C3)n2n1. The molecule has 4 aromatic rings. The molecular formula is C16H18N10. The van der Waals surface area contributed by atoms with Gasteiger partial charge in [-0.3, -0.25) is 4.90 Å². The van der Waals surface area contributed by atoms with Gasteiger partial charge < -0.3 is 4.90 Å². The molecule has 5 heterocycles. The highest BCUT2D eigenvalue weighted by molar-refractivity contribution is 5.47. The van der Waals surface area contributed by atoms with Crippen molar-refractivity contribution in [3.63, 3.8) is 0 Å². The third kappa shape index (κ3) is 2.46. The summed E-state index contributed by atoms with van der Waals surface area (Å²) in [5.41, 5.74) is 2.48. The van der Waals surface area contributed by atoms with Crippen molar-refractivity contribution in [2.75, 3.05) is 25.0 Å². The molecule has 0 amide bonds. The quantitative estimate of drug-likeness (QED) is 0.515. The Morgan fingerprint density at radius 3 is 2.77 bits per heavy atom. The van der Waals surface area contributed by atoms with Crippen molar-refractivity contribution in [1.82, 2.24) is 44.5 Å². The van der Waals surface area contributed by atoms with E-state index in [2.05, 4.69) is 47.4 Å². The second-order valence-corrected chi connectivity index (χ2v) is 6.66. The maximum absolute atomic E-state index is 4.54. The summed E-state index contributed by atoms with van der Waals surface area (Å²) in [5, 5.41) is 25.4. The van der Waals surface area contributed by atoms with Crippen LogP contribution in [0.3, 0.4) is 0 Å². The van der Waals surface area contributed by atoms with Crippen molar-refractivity contribution < 1.29 is 0 Å². The molecule has 1 fully saturated rings. The van der Waals surface area contributed by atoms with Crippen molar-refractivity contribution in [2.45, 2.75) is 19.5 Å². The van der Waals surface area contributed by atoms with Crippen molar-refractivity contribution in [3.8, 4) is 0 Å². The number of hydrogen-bond donors (Lipinski definition) is 0. The summed E-state index contributed by atoms with van der Waals surface area (Å²) in [4.78, 5) is 4.53. The topological polar surface area (TPSA) is 92.6 Å². The van der Waals surface area contributed by atoms with Gasteiger partial charge in [-0.05, 0) is 38.2 Å². The van der Waals surface area contributed by atoms with Crippen LogP contribution in [0.5, 0.6) is 0 Å². The van der Waals surface area contributed by atoms with E-state index < -0.39 is 0 Å². The number of likely N-dealkylation sites (N-methyl/N-ethyl adjacent to an activating group) is 1. The van der Waals surface area contributed by atoms with E-state index in [-0.39, 0.29) is 0 Å². The van der Waals surface area contributed by atoms with Crippen LogP contribution in [0.1, 0.15) is 11.5 Å². The van der Waals surface area contributed by atoms with Crippen LogP contribution >= 0.6 is 0 Å². The van der Waals surface area contributed by atoms with Gasteiger partial charge in [0.1, 0.15) is 12.1 Å². The maximum Gasteiger partial charge on any atom is 0.177 e. The molecule has 0 aliphatic carbocycles. The highest BCUT2D eigenvalue weighted by atomic mass is 15.4. The van der Waals surface area contributed by atoms with Gasteiger partial charge in [-0.15, -0.1) is 25.5 Å². The fraction of sp³-hybridized carbons (Fsp3) is 0.375. The zero-order valence-corrected chi connectivity index (χ0v) is 14.6. The zero-order valence-electron chi connectivity index (χ0n) is 14.6. The van der Waals surface area contributed by atoms with Crippen LogP contribution in [0.25, 0.3) is 11.3 Å². The molecule has 4 aromatic heterocycles. The smallest absolute Gasteiger partial charge is 0.177 e. The molecule has 0 radical (unpaired) electrons. The van der Waals surface area contributed by atoms with Gasteiger partial charge in [-0.2, -0.15) is 14.1 Å². The van der Waals surface area contributed by atoms with Gasteiger partial charge in [0, 0.05) is 19.1 Å². The van der Waals surface area contributed by atoms with Gasteiger partial charge in [0.25, 0.3) is 0 Å². The number of anilines is 1. The van der Waals surface area contributed by atoms with Crippen LogP contribution in [0.4, 0.5) is 5.82 Å². The Hall–Kier alpha value is -3.14. The lowest BCUT2D eigenvalue weighted by atomic mass is 10.1. The molecule has 0 saturated carbocycles. The fourth-order valence-electron chi connectivity index (χ4n) is 3.18. The predicted octanol–water partition coefficient (Wildman–Crippen LogP) is 0.191. The number of fused-ring (bicyclic) bond motifs is 2. The van der Waals surface area contributed by atoms with Crippen molar-refractivity contribution >= 4 is 17.1 Å². The predicted molar refractivity (Wildman–Crippen MR) is 93.8 cm³/mol. The minimum absolute atomic E-state index is 0.436. The van der Waals surface area contributed by atoms with Gasteiger partial charge in [0.2, 0.25) is 0 Å². The highest BCUT2D eigenvalue weighted by Crippen LogP contribution is 2.22. The summed E-state index contributed by atoms with van der Waals surface area (Å²) in [6.07, 6.45) is 1.62. The van der Waals surface area contributed by atoms with Gasteiger partial charge in [0.05, 0.1) is 12.2 Å². The van der Waals surface area contributed by atoms with E-state index in [0.717, 1.165) is 41.7 Å². The highest BCUT2D eigenvalue weighted by Gasteiger charge is 2.31. The summed E-state index contributed by atoms with van der Waals surface area (Å²) in [6, 6.07) is 8.24. The number of aryl methyl sites for hydroxylation is 1. The average Bonchev–Trinajstić information content (AvgIpc) is 3.20. The lowest BCUT2D eigenvalue weighted by Gasteiger charge is -2.44. The molecule has 132 valence electrons. The first-order chi connectivity index (χ1) is 12.7. The number of hydrogen-bond acceptors (Lipinski definition) is 8. The second kappa shape index (κ2) is 5.70. The van der Waals surface area contributed by atoms with E-state index in [9.17, 15) is 0 Å². The first-order valence-corrected chi connectivity index (χ1v) is 8.47.